The molecule has 3 heteroatoms. The highest BCUT2D eigenvalue weighted by atomic mass is 35.5. The number of carbonyl (C=O) groups is 1. The molecule has 0 radical (unpaired) electrons. The highest BCUT2D eigenvalue weighted by Crippen LogP contribution is 2.14. The lowest BCUT2D eigenvalue weighted by atomic mass is 10.0. The third-order valence-corrected chi connectivity index (χ3v) is 2.70. The predicted octanol–water partition coefficient (Wildman–Crippen LogP) is 3.17. The van der Waals surface area contributed by atoms with E-state index in [0.29, 0.717) is 23.9 Å². The molecule has 1 N–H and O–H groups in total. The summed E-state index contributed by atoms with van der Waals surface area (Å²) >= 11 is 5.54. The topological polar surface area (TPSA) is 29.1 Å². The number of nitrogens with one attached hydrogen (secondary N) is 1. The number of carbonyl (C=O) groups excluding carboxylic acids is 1. The van der Waals surface area contributed by atoms with Crippen LogP contribution in [0, 0.1) is 0 Å². The van der Waals surface area contributed by atoms with Gasteiger partial charge < -0.3 is 5.32 Å². The lowest BCUT2D eigenvalue weighted by Crippen LogP contribution is -2.24. The van der Waals surface area contributed by atoms with Crippen LogP contribution in [0.15, 0.2) is 24.3 Å². The highest BCUT2D eigenvalue weighted by molar-refractivity contribution is 6.17. The number of benzene rings is 1. The van der Waals surface area contributed by atoms with Gasteiger partial charge in [0.2, 0.25) is 0 Å². The molecule has 88 valence electrons. The van der Waals surface area contributed by atoms with Gasteiger partial charge in [-0.3, -0.25) is 4.79 Å². The van der Waals surface area contributed by atoms with Gasteiger partial charge in [-0.15, -0.1) is 11.6 Å². The maximum atomic E-state index is 11.6. The Morgan fingerprint density at radius 2 is 1.94 bits per heavy atom. The smallest absolute Gasteiger partial charge is 0.251 e. The highest BCUT2D eigenvalue weighted by Gasteiger charge is 2.05. The Morgan fingerprint density at radius 3 is 2.44 bits per heavy atom. The SMILES string of the molecule is CC(C)c1ccc(C(=O)NCCCCl)cc1. The lowest BCUT2D eigenvalue weighted by molar-refractivity contribution is 0.0954. The third-order valence-electron chi connectivity index (χ3n) is 2.44. The van der Waals surface area contributed by atoms with E-state index < -0.39 is 0 Å². The van der Waals surface area contributed by atoms with Crippen LogP contribution in [0.25, 0.3) is 0 Å². The van der Waals surface area contributed by atoms with Crippen molar-refractivity contribution in [1.82, 2.24) is 5.32 Å². The zero-order valence-corrected chi connectivity index (χ0v) is 10.6. The molecule has 0 aromatic heterocycles. The first-order valence-electron chi connectivity index (χ1n) is 5.59. The van der Waals surface area contributed by atoms with Crippen molar-refractivity contribution in [3.05, 3.63) is 35.4 Å². The lowest BCUT2D eigenvalue weighted by Gasteiger charge is -2.07. The zero-order chi connectivity index (χ0) is 12.0. The molecule has 0 aliphatic carbocycles. The summed E-state index contributed by atoms with van der Waals surface area (Å²) in [6.07, 6.45) is 0.803. The zero-order valence-electron chi connectivity index (χ0n) is 9.79. The van der Waals surface area contributed by atoms with Crippen molar-refractivity contribution in [3.63, 3.8) is 0 Å². The molecular formula is C13H18ClNO. The minimum atomic E-state index is -0.0274. The summed E-state index contributed by atoms with van der Waals surface area (Å²) in [5.41, 5.74) is 1.95. The summed E-state index contributed by atoms with van der Waals surface area (Å²) in [4.78, 5) is 11.6. The van der Waals surface area contributed by atoms with Gasteiger partial charge in [-0.1, -0.05) is 26.0 Å². The third kappa shape index (κ3) is 3.86. The Bertz CT molecular complexity index is 332. The molecule has 0 saturated heterocycles. The summed E-state index contributed by atoms with van der Waals surface area (Å²) in [6, 6.07) is 7.74. The summed E-state index contributed by atoms with van der Waals surface area (Å²) in [5.74, 6) is 1.04. The van der Waals surface area contributed by atoms with Crippen molar-refractivity contribution >= 4 is 17.5 Å². The van der Waals surface area contributed by atoms with Crippen LogP contribution in [0.4, 0.5) is 0 Å². The molecule has 0 saturated carbocycles. The molecule has 0 aliphatic heterocycles. The first-order valence-corrected chi connectivity index (χ1v) is 6.12. The van der Waals surface area contributed by atoms with Gasteiger partial charge in [0.1, 0.15) is 0 Å². The van der Waals surface area contributed by atoms with Gasteiger partial charge in [0, 0.05) is 18.0 Å². The molecule has 0 spiro atoms. The van der Waals surface area contributed by atoms with E-state index >= 15 is 0 Å². The Hall–Kier alpha value is -1.02. The molecular weight excluding hydrogens is 222 g/mol. The average Bonchev–Trinajstić information content (AvgIpc) is 2.29. The van der Waals surface area contributed by atoms with Gasteiger partial charge in [-0.2, -0.15) is 0 Å². The minimum Gasteiger partial charge on any atom is -0.352 e. The van der Waals surface area contributed by atoms with Crippen LogP contribution in [-0.2, 0) is 0 Å². The van der Waals surface area contributed by atoms with Crippen molar-refractivity contribution < 1.29 is 4.79 Å². The summed E-state index contributed by atoms with van der Waals surface area (Å²) in [7, 11) is 0. The van der Waals surface area contributed by atoms with E-state index in [1.165, 1.54) is 5.56 Å². The van der Waals surface area contributed by atoms with E-state index in [1.54, 1.807) is 0 Å². The van der Waals surface area contributed by atoms with E-state index in [1.807, 2.05) is 24.3 Å². The van der Waals surface area contributed by atoms with Crippen LogP contribution < -0.4 is 5.32 Å². The van der Waals surface area contributed by atoms with Crippen LogP contribution in [0.2, 0.25) is 0 Å². The van der Waals surface area contributed by atoms with Gasteiger partial charge >= 0.3 is 0 Å². The van der Waals surface area contributed by atoms with E-state index in [4.69, 9.17) is 11.6 Å². The second-order valence-electron chi connectivity index (χ2n) is 4.08. The van der Waals surface area contributed by atoms with Gasteiger partial charge in [0.25, 0.3) is 5.91 Å². The predicted molar refractivity (Wildman–Crippen MR) is 68.2 cm³/mol. The number of hydrogen-bond acceptors (Lipinski definition) is 1. The standard InChI is InChI=1S/C13H18ClNO/c1-10(2)11-4-6-12(7-5-11)13(16)15-9-3-8-14/h4-7,10H,3,8-9H2,1-2H3,(H,15,16). The first kappa shape index (κ1) is 13.0. The van der Waals surface area contributed by atoms with Gasteiger partial charge in [-0.05, 0) is 30.0 Å². The Kier molecular flexibility index (Phi) is 5.33. The van der Waals surface area contributed by atoms with E-state index in [9.17, 15) is 4.79 Å². The van der Waals surface area contributed by atoms with Crippen molar-refractivity contribution in [1.29, 1.82) is 0 Å². The van der Waals surface area contributed by atoms with E-state index in [0.717, 1.165) is 6.42 Å². The van der Waals surface area contributed by atoms with Crippen molar-refractivity contribution in [2.45, 2.75) is 26.2 Å². The fourth-order valence-electron chi connectivity index (χ4n) is 1.39. The van der Waals surface area contributed by atoms with Crippen LogP contribution in [-0.4, -0.2) is 18.3 Å². The molecule has 1 amide bonds. The Labute approximate surface area is 102 Å². The Balaban J connectivity index is 2.56. The minimum absolute atomic E-state index is 0.0274. The average molecular weight is 240 g/mol. The fraction of sp³-hybridized carbons (Fsp3) is 0.462. The van der Waals surface area contributed by atoms with Gasteiger partial charge in [-0.25, -0.2) is 0 Å². The van der Waals surface area contributed by atoms with Crippen molar-refractivity contribution in [2.24, 2.45) is 0 Å². The Morgan fingerprint density at radius 1 is 1.31 bits per heavy atom. The molecule has 0 heterocycles. The quantitative estimate of drug-likeness (QED) is 0.621. The molecule has 2 nitrogen and oxygen atoms in total. The normalized spacial score (nSPS) is 10.5. The van der Waals surface area contributed by atoms with Crippen LogP contribution in [0.5, 0.6) is 0 Å². The van der Waals surface area contributed by atoms with Crippen LogP contribution in [0.3, 0.4) is 0 Å². The number of amides is 1. The number of hydrogen-bond donors (Lipinski definition) is 1. The van der Waals surface area contributed by atoms with Crippen molar-refractivity contribution in [2.75, 3.05) is 12.4 Å². The van der Waals surface area contributed by atoms with Gasteiger partial charge in [0.05, 0.1) is 0 Å². The molecule has 16 heavy (non-hydrogen) atoms. The second kappa shape index (κ2) is 6.54. The maximum absolute atomic E-state index is 11.6. The summed E-state index contributed by atoms with van der Waals surface area (Å²) in [5, 5.41) is 2.83. The monoisotopic (exact) mass is 239 g/mol. The molecule has 0 atom stereocenters. The first-order chi connectivity index (χ1) is 7.65. The van der Waals surface area contributed by atoms with E-state index in [2.05, 4.69) is 19.2 Å². The molecule has 0 fully saturated rings. The van der Waals surface area contributed by atoms with E-state index in [-0.39, 0.29) is 5.91 Å². The second-order valence-corrected chi connectivity index (χ2v) is 4.45. The van der Waals surface area contributed by atoms with Crippen LogP contribution >= 0.6 is 11.6 Å². The number of alkyl halides is 1. The molecule has 0 aliphatic rings. The summed E-state index contributed by atoms with van der Waals surface area (Å²) in [6.45, 7) is 4.90. The molecule has 0 bridgehead atoms. The van der Waals surface area contributed by atoms with Gasteiger partial charge in [0.15, 0.2) is 0 Å². The summed E-state index contributed by atoms with van der Waals surface area (Å²) < 4.78 is 0. The fourth-order valence-corrected chi connectivity index (χ4v) is 1.52. The number of halogens is 1. The molecule has 0 unspecified atom stereocenters. The molecule has 1 rings (SSSR count). The largest absolute Gasteiger partial charge is 0.352 e. The van der Waals surface area contributed by atoms with Crippen LogP contribution in [0.1, 0.15) is 42.1 Å². The maximum Gasteiger partial charge on any atom is 0.251 e. The molecule has 1 aromatic rings. The van der Waals surface area contributed by atoms with Crippen molar-refractivity contribution in [3.8, 4) is 0 Å². The number of rotatable bonds is 5. The molecule has 1 aromatic carbocycles.